The van der Waals surface area contributed by atoms with Gasteiger partial charge in [-0.25, -0.2) is 13.6 Å². The van der Waals surface area contributed by atoms with E-state index in [-0.39, 0.29) is 16.3 Å². The maximum atomic E-state index is 11.7. The largest absolute Gasteiger partial charge is 0.380 e. The van der Waals surface area contributed by atoms with Gasteiger partial charge in [-0.1, -0.05) is 24.3 Å². The number of nitro benzene ring substituents is 1. The molecule has 128 valence electrons. The molecule has 3 N–H and O–H groups in total. The third kappa shape index (κ3) is 4.28. The summed E-state index contributed by atoms with van der Waals surface area (Å²) in [4.78, 5) is 9.83. The lowest BCUT2D eigenvalue weighted by Gasteiger charge is -2.13. The molecule has 0 heterocycles. The van der Waals surface area contributed by atoms with Gasteiger partial charge in [-0.15, -0.1) is 0 Å². The molecular weight excluding hydrogens is 334 g/mol. The quantitative estimate of drug-likeness (QED) is 0.580. The van der Waals surface area contributed by atoms with Gasteiger partial charge in [-0.05, 0) is 17.2 Å². The Morgan fingerprint density at radius 3 is 2.46 bits per heavy atom. The number of anilines is 1. The zero-order valence-corrected chi connectivity index (χ0v) is 13.7. The van der Waals surface area contributed by atoms with Gasteiger partial charge < -0.3 is 10.1 Å². The number of primary sulfonamides is 1. The minimum Gasteiger partial charge on any atom is -0.380 e. The van der Waals surface area contributed by atoms with Crippen LogP contribution in [0.4, 0.5) is 11.4 Å². The van der Waals surface area contributed by atoms with E-state index in [1.54, 1.807) is 7.11 Å². The van der Waals surface area contributed by atoms with Gasteiger partial charge in [0.2, 0.25) is 10.0 Å². The fourth-order valence-corrected chi connectivity index (χ4v) is 2.95. The van der Waals surface area contributed by atoms with Crippen molar-refractivity contribution >= 4 is 21.4 Å². The van der Waals surface area contributed by atoms with E-state index in [1.165, 1.54) is 12.1 Å². The van der Waals surface area contributed by atoms with Gasteiger partial charge in [0.05, 0.1) is 17.2 Å². The van der Waals surface area contributed by atoms with Crippen molar-refractivity contribution in [3.8, 4) is 0 Å². The van der Waals surface area contributed by atoms with Crippen LogP contribution in [-0.2, 0) is 27.9 Å². The fraction of sp³-hybridized carbons (Fsp3) is 0.200. The fourth-order valence-electron chi connectivity index (χ4n) is 2.22. The summed E-state index contributed by atoms with van der Waals surface area (Å²) in [6, 6.07) is 11.0. The Morgan fingerprint density at radius 1 is 1.21 bits per heavy atom. The highest BCUT2D eigenvalue weighted by Crippen LogP contribution is 2.26. The maximum absolute atomic E-state index is 11.7. The number of nitrogens with two attached hydrogens (primary N) is 1. The Morgan fingerprint density at radius 2 is 1.88 bits per heavy atom. The molecule has 0 aliphatic carbocycles. The van der Waals surface area contributed by atoms with Gasteiger partial charge in [0, 0.05) is 25.8 Å². The Bertz CT molecular complexity index is 852. The van der Waals surface area contributed by atoms with Crippen LogP contribution in [-0.4, -0.2) is 20.5 Å². The molecule has 0 saturated heterocycles. The summed E-state index contributed by atoms with van der Waals surface area (Å²) in [6.45, 7) is 0.736. The van der Waals surface area contributed by atoms with Crippen LogP contribution < -0.4 is 10.5 Å². The summed E-state index contributed by atoms with van der Waals surface area (Å²) < 4.78 is 28.5. The van der Waals surface area contributed by atoms with Crippen molar-refractivity contribution < 1.29 is 18.1 Å². The van der Waals surface area contributed by atoms with E-state index >= 15 is 0 Å². The zero-order chi connectivity index (χ0) is 17.7. The van der Waals surface area contributed by atoms with Crippen LogP contribution in [0, 0.1) is 10.1 Å². The molecule has 0 radical (unpaired) electrons. The monoisotopic (exact) mass is 351 g/mol. The number of nitrogens with one attached hydrogen (secondary N) is 1. The van der Waals surface area contributed by atoms with Crippen LogP contribution >= 0.6 is 0 Å². The molecule has 2 aromatic rings. The predicted octanol–water partition coefficient (Wildman–Crippen LogP) is 2.00. The molecule has 8 nitrogen and oxygen atoms in total. The van der Waals surface area contributed by atoms with Gasteiger partial charge in [-0.2, -0.15) is 0 Å². The summed E-state index contributed by atoms with van der Waals surface area (Å²) in [5, 5.41) is 18.9. The smallest absolute Gasteiger partial charge is 0.270 e. The van der Waals surface area contributed by atoms with Crippen molar-refractivity contribution in [1.29, 1.82) is 0 Å². The topological polar surface area (TPSA) is 125 Å². The minimum absolute atomic E-state index is 0.204. The molecule has 0 aliphatic heterocycles. The van der Waals surface area contributed by atoms with Gasteiger partial charge in [0.15, 0.2) is 0 Å². The second-order valence-corrected chi connectivity index (χ2v) is 6.57. The average molecular weight is 351 g/mol. The van der Waals surface area contributed by atoms with Gasteiger partial charge in [-0.3, -0.25) is 10.1 Å². The van der Waals surface area contributed by atoms with Crippen molar-refractivity contribution in [2.45, 2.75) is 18.0 Å². The van der Waals surface area contributed by atoms with Gasteiger partial charge in [0.25, 0.3) is 5.69 Å². The number of non-ortho nitro benzene ring substituents is 1. The Balaban J connectivity index is 2.32. The summed E-state index contributed by atoms with van der Waals surface area (Å²) in [5.74, 6) is 0. The zero-order valence-electron chi connectivity index (χ0n) is 12.9. The van der Waals surface area contributed by atoms with E-state index in [0.29, 0.717) is 13.2 Å². The van der Waals surface area contributed by atoms with E-state index in [0.717, 1.165) is 17.2 Å². The summed E-state index contributed by atoms with van der Waals surface area (Å²) in [6.07, 6.45) is 0. The number of ether oxygens (including phenoxy) is 1. The van der Waals surface area contributed by atoms with Crippen molar-refractivity contribution in [3.63, 3.8) is 0 Å². The first-order valence-corrected chi connectivity index (χ1v) is 8.48. The molecule has 0 aliphatic rings. The van der Waals surface area contributed by atoms with Crippen molar-refractivity contribution in [1.82, 2.24) is 0 Å². The number of hydrogen-bond acceptors (Lipinski definition) is 6. The Labute approximate surface area is 139 Å². The molecule has 0 saturated carbocycles. The van der Waals surface area contributed by atoms with E-state index in [9.17, 15) is 18.5 Å². The minimum atomic E-state index is -4.11. The van der Waals surface area contributed by atoms with E-state index < -0.39 is 14.9 Å². The van der Waals surface area contributed by atoms with Crippen LogP contribution in [0.15, 0.2) is 47.4 Å². The average Bonchev–Trinajstić information content (AvgIpc) is 2.53. The number of hydrogen-bond donors (Lipinski definition) is 2. The number of rotatable bonds is 7. The highest BCUT2D eigenvalue weighted by molar-refractivity contribution is 7.89. The molecule has 0 amide bonds. The van der Waals surface area contributed by atoms with Crippen LogP contribution in [0.1, 0.15) is 11.1 Å². The molecule has 0 aromatic heterocycles. The predicted molar refractivity (Wildman–Crippen MR) is 89.0 cm³/mol. The lowest BCUT2D eigenvalue weighted by atomic mass is 10.1. The maximum Gasteiger partial charge on any atom is 0.270 e. The third-order valence-electron chi connectivity index (χ3n) is 3.37. The third-order valence-corrected chi connectivity index (χ3v) is 4.32. The van der Waals surface area contributed by atoms with Crippen molar-refractivity contribution in [3.05, 3.63) is 63.7 Å². The Kier molecular flexibility index (Phi) is 5.50. The molecule has 0 spiro atoms. The number of nitrogens with zero attached hydrogens (tertiary/aromatic N) is 1. The molecule has 2 aromatic carbocycles. The van der Waals surface area contributed by atoms with Crippen LogP contribution in [0.3, 0.4) is 0 Å². The number of benzene rings is 2. The molecule has 2 rings (SSSR count). The second kappa shape index (κ2) is 7.39. The normalized spacial score (nSPS) is 11.2. The number of methoxy groups -OCH3 is 1. The lowest BCUT2D eigenvalue weighted by Crippen LogP contribution is -2.15. The van der Waals surface area contributed by atoms with E-state index in [2.05, 4.69) is 5.32 Å². The SMILES string of the molecule is COCc1ccccc1CNc1ccc([N+](=O)[O-])cc1S(N)(=O)=O. The van der Waals surface area contributed by atoms with Crippen LogP contribution in [0.25, 0.3) is 0 Å². The van der Waals surface area contributed by atoms with E-state index in [4.69, 9.17) is 9.88 Å². The molecule has 9 heteroatoms. The number of sulfonamides is 1. The number of nitro groups is 1. The highest BCUT2D eigenvalue weighted by Gasteiger charge is 2.19. The van der Waals surface area contributed by atoms with Crippen LogP contribution in [0.5, 0.6) is 0 Å². The summed E-state index contributed by atoms with van der Waals surface area (Å²) >= 11 is 0. The van der Waals surface area contributed by atoms with Crippen molar-refractivity contribution in [2.75, 3.05) is 12.4 Å². The first kappa shape index (κ1) is 17.9. The standard InChI is InChI=1S/C15H17N3O5S/c1-23-10-12-5-3-2-4-11(12)9-17-14-7-6-13(18(19)20)8-15(14)24(16,21)22/h2-8,17H,9-10H2,1H3,(H2,16,21,22). The molecular formula is C15H17N3O5S. The van der Waals surface area contributed by atoms with Gasteiger partial charge >= 0.3 is 0 Å². The molecule has 0 bridgehead atoms. The summed E-state index contributed by atoms with van der Waals surface area (Å²) in [5.41, 5.74) is 1.73. The molecule has 0 atom stereocenters. The molecule has 0 unspecified atom stereocenters. The molecule has 0 fully saturated rings. The van der Waals surface area contributed by atoms with Crippen LogP contribution in [0.2, 0.25) is 0 Å². The van der Waals surface area contributed by atoms with Gasteiger partial charge in [0.1, 0.15) is 4.90 Å². The van der Waals surface area contributed by atoms with E-state index in [1.807, 2.05) is 24.3 Å². The van der Waals surface area contributed by atoms with Crippen molar-refractivity contribution in [2.24, 2.45) is 5.14 Å². The first-order chi connectivity index (χ1) is 11.3. The lowest BCUT2D eigenvalue weighted by molar-refractivity contribution is -0.385. The highest BCUT2D eigenvalue weighted by atomic mass is 32.2. The molecule has 24 heavy (non-hydrogen) atoms. The second-order valence-electron chi connectivity index (χ2n) is 5.04. The Hall–Kier alpha value is -2.49. The summed E-state index contributed by atoms with van der Waals surface area (Å²) in [7, 11) is -2.52. The first-order valence-electron chi connectivity index (χ1n) is 6.93.